The highest BCUT2D eigenvalue weighted by molar-refractivity contribution is 7.89. The zero-order chi connectivity index (χ0) is 21.5. The molecule has 1 aromatic heterocycles. The molecule has 1 atom stereocenters. The summed E-state index contributed by atoms with van der Waals surface area (Å²) in [4.78, 5) is 4.57. The predicted molar refractivity (Wildman–Crippen MR) is 118 cm³/mol. The molecule has 158 valence electrons. The van der Waals surface area contributed by atoms with E-state index in [1.165, 1.54) is 23.5 Å². The molecule has 6 N–H and O–H groups in total. The Balaban J connectivity index is 1.63. The van der Waals surface area contributed by atoms with Gasteiger partial charge in [-0.3, -0.25) is 0 Å². The van der Waals surface area contributed by atoms with E-state index < -0.39 is 16.4 Å². The Morgan fingerprint density at radius 2 is 1.97 bits per heavy atom. The predicted octanol–water partition coefficient (Wildman–Crippen LogP) is 3.10. The number of hydrogen-bond donors (Lipinski definition) is 5. The summed E-state index contributed by atoms with van der Waals surface area (Å²) >= 11 is 1.37. The van der Waals surface area contributed by atoms with Crippen molar-refractivity contribution in [3.63, 3.8) is 0 Å². The standard InChI is InChI=1S/C19H21N5O4S2/c1-10(2)28-17-6-4-12(30(20,26)27)8-15(17)23-19-24-16(9-29-19)11-3-5-13-14(7-11)22-18(25)21-13/h3-10,18,21-22,25H,1-2H3,(H,23,24)(H2,20,26,27). The fraction of sp³-hybridized carbons (Fsp3) is 0.211. The average molecular weight is 448 g/mol. The van der Waals surface area contributed by atoms with Crippen molar-refractivity contribution in [2.45, 2.75) is 31.2 Å². The Morgan fingerprint density at radius 1 is 1.20 bits per heavy atom. The molecular formula is C19H21N5O4S2. The van der Waals surface area contributed by atoms with Gasteiger partial charge < -0.3 is 25.8 Å². The Morgan fingerprint density at radius 3 is 2.70 bits per heavy atom. The van der Waals surface area contributed by atoms with Crippen molar-refractivity contribution in [2.24, 2.45) is 5.14 Å². The molecule has 1 aliphatic rings. The number of nitrogens with two attached hydrogens (primary N) is 1. The third kappa shape index (κ3) is 4.33. The van der Waals surface area contributed by atoms with E-state index in [2.05, 4.69) is 20.9 Å². The number of aromatic nitrogens is 1. The van der Waals surface area contributed by atoms with E-state index in [1.54, 1.807) is 6.07 Å². The summed E-state index contributed by atoms with van der Waals surface area (Å²) in [6.07, 6.45) is -0.908. The van der Waals surface area contributed by atoms with E-state index in [-0.39, 0.29) is 11.0 Å². The van der Waals surface area contributed by atoms with E-state index in [0.29, 0.717) is 16.6 Å². The number of aliphatic hydroxyl groups excluding tert-OH is 1. The number of fused-ring (bicyclic) bond motifs is 1. The topological polar surface area (TPSA) is 139 Å². The third-order valence-corrected chi connectivity index (χ3v) is 5.96. The molecule has 0 saturated carbocycles. The third-order valence-electron chi connectivity index (χ3n) is 4.29. The van der Waals surface area contributed by atoms with Gasteiger partial charge in [-0.05, 0) is 44.2 Å². The zero-order valence-electron chi connectivity index (χ0n) is 16.2. The molecular weight excluding hydrogens is 426 g/mol. The SMILES string of the molecule is CC(C)Oc1ccc(S(N)(=O)=O)cc1Nc1nc(-c2ccc3c(c2)NC(O)N3)cs1. The first-order chi connectivity index (χ1) is 14.2. The number of hydrogen-bond acceptors (Lipinski definition) is 9. The largest absolute Gasteiger partial charge is 0.489 e. The van der Waals surface area contributed by atoms with Crippen molar-refractivity contribution in [2.75, 3.05) is 16.0 Å². The van der Waals surface area contributed by atoms with Crippen molar-refractivity contribution >= 4 is 43.6 Å². The van der Waals surface area contributed by atoms with Crippen LogP contribution in [-0.2, 0) is 10.0 Å². The Bertz CT molecular complexity index is 1190. The van der Waals surface area contributed by atoms with E-state index in [9.17, 15) is 13.5 Å². The second kappa shape index (κ2) is 7.76. The van der Waals surface area contributed by atoms with E-state index >= 15 is 0 Å². The van der Waals surface area contributed by atoms with Crippen molar-refractivity contribution in [1.29, 1.82) is 0 Å². The van der Waals surface area contributed by atoms with Crippen LogP contribution in [0.5, 0.6) is 5.75 Å². The summed E-state index contributed by atoms with van der Waals surface area (Å²) in [5.41, 5.74) is 3.67. The molecule has 0 spiro atoms. The molecule has 2 heterocycles. The van der Waals surface area contributed by atoms with Gasteiger partial charge >= 0.3 is 0 Å². The Kier molecular flexibility index (Phi) is 5.28. The molecule has 0 aliphatic carbocycles. The summed E-state index contributed by atoms with van der Waals surface area (Å²) in [5.74, 6) is 0.496. The van der Waals surface area contributed by atoms with Gasteiger partial charge in [0.25, 0.3) is 0 Å². The van der Waals surface area contributed by atoms with Gasteiger partial charge in [0.05, 0.1) is 33.8 Å². The molecule has 9 nitrogen and oxygen atoms in total. The fourth-order valence-corrected chi connectivity index (χ4v) is 4.27. The Labute approximate surface area is 178 Å². The van der Waals surface area contributed by atoms with Crippen LogP contribution in [0.3, 0.4) is 0 Å². The van der Waals surface area contributed by atoms with Crippen LogP contribution >= 0.6 is 11.3 Å². The minimum absolute atomic E-state index is 0.0198. The zero-order valence-corrected chi connectivity index (χ0v) is 17.8. The highest BCUT2D eigenvalue weighted by Crippen LogP contribution is 2.36. The highest BCUT2D eigenvalue weighted by atomic mass is 32.2. The molecule has 4 rings (SSSR count). The molecule has 1 aliphatic heterocycles. The van der Waals surface area contributed by atoms with Crippen LogP contribution in [0.1, 0.15) is 13.8 Å². The quantitative estimate of drug-likeness (QED) is 0.388. The van der Waals surface area contributed by atoms with Gasteiger partial charge in [-0.25, -0.2) is 18.5 Å². The molecule has 0 bridgehead atoms. The second-order valence-corrected chi connectivity index (χ2v) is 9.40. The number of anilines is 4. The van der Waals surface area contributed by atoms with Crippen LogP contribution in [0.25, 0.3) is 11.3 Å². The van der Waals surface area contributed by atoms with Gasteiger partial charge in [0.15, 0.2) is 5.13 Å². The van der Waals surface area contributed by atoms with Gasteiger partial charge in [-0.15, -0.1) is 11.3 Å². The second-order valence-electron chi connectivity index (χ2n) is 6.98. The molecule has 2 aromatic carbocycles. The summed E-state index contributed by atoms with van der Waals surface area (Å²) in [6.45, 7) is 3.76. The molecule has 3 aromatic rings. The summed E-state index contributed by atoms with van der Waals surface area (Å²) in [7, 11) is -3.86. The lowest BCUT2D eigenvalue weighted by Crippen LogP contribution is -2.20. The maximum atomic E-state index is 11.7. The maximum absolute atomic E-state index is 11.7. The first kappa shape index (κ1) is 20.4. The lowest BCUT2D eigenvalue weighted by molar-refractivity contribution is 0.238. The number of thiazole rings is 1. The highest BCUT2D eigenvalue weighted by Gasteiger charge is 2.18. The summed E-state index contributed by atoms with van der Waals surface area (Å²) in [5, 5.41) is 26.3. The molecule has 0 fully saturated rings. The van der Waals surface area contributed by atoms with Crippen molar-refractivity contribution < 1.29 is 18.3 Å². The van der Waals surface area contributed by atoms with Crippen LogP contribution in [0.2, 0.25) is 0 Å². The number of nitrogens with one attached hydrogen (secondary N) is 3. The smallest absolute Gasteiger partial charge is 0.238 e. The van der Waals surface area contributed by atoms with Gasteiger partial charge in [0, 0.05) is 10.9 Å². The number of ether oxygens (including phenoxy) is 1. The Hall–Kier alpha value is -2.86. The molecule has 11 heteroatoms. The average Bonchev–Trinajstić information content (AvgIpc) is 3.26. The number of sulfonamides is 1. The van der Waals surface area contributed by atoms with E-state index in [1.807, 2.05) is 37.4 Å². The number of rotatable bonds is 6. The number of nitrogens with zero attached hydrogens (tertiary/aromatic N) is 1. The lowest BCUT2D eigenvalue weighted by Gasteiger charge is -2.15. The van der Waals surface area contributed by atoms with Crippen LogP contribution in [0, 0.1) is 0 Å². The molecule has 0 radical (unpaired) electrons. The van der Waals surface area contributed by atoms with E-state index in [4.69, 9.17) is 9.88 Å². The van der Waals surface area contributed by atoms with E-state index in [0.717, 1.165) is 22.6 Å². The number of benzene rings is 2. The lowest BCUT2D eigenvalue weighted by atomic mass is 10.1. The number of aliphatic hydroxyl groups is 1. The minimum atomic E-state index is -3.86. The first-order valence-electron chi connectivity index (χ1n) is 9.11. The molecule has 0 saturated heterocycles. The number of primary sulfonamides is 1. The van der Waals surface area contributed by atoms with Crippen LogP contribution in [-0.4, -0.2) is 31.0 Å². The van der Waals surface area contributed by atoms with Gasteiger partial charge in [0.1, 0.15) is 5.75 Å². The minimum Gasteiger partial charge on any atom is -0.489 e. The normalized spacial score (nSPS) is 15.4. The van der Waals surface area contributed by atoms with Crippen molar-refractivity contribution in [3.8, 4) is 17.0 Å². The van der Waals surface area contributed by atoms with Gasteiger partial charge in [-0.1, -0.05) is 6.07 Å². The fourth-order valence-electron chi connectivity index (χ4n) is 3.00. The molecule has 1 unspecified atom stereocenters. The molecule has 0 amide bonds. The van der Waals surface area contributed by atoms with Crippen molar-refractivity contribution in [3.05, 3.63) is 41.8 Å². The van der Waals surface area contributed by atoms with Gasteiger partial charge in [-0.2, -0.15) is 0 Å². The molecule has 30 heavy (non-hydrogen) atoms. The van der Waals surface area contributed by atoms with Crippen molar-refractivity contribution in [1.82, 2.24) is 4.98 Å². The first-order valence-corrected chi connectivity index (χ1v) is 11.5. The van der Waals surface area contributed by atoms with Crippen LogP contribution in [0.15, 0.2) is 46.7 Å². The van der Waals surface area contributed by atoms with Crippen LogP contribution in [0.4, 0.5) is 22.2 Å². The van der Waals surface area contributed by atoms with Crippen LogP contribution < -0.4 is 25.8 Å². The maximum Gasteiger partial charge on any atom is 0.238 e. The van der Waals surface area contributed by atoms with Gasteiger partial charge in [0.2, 0.25) is 16.4 Å². The summed E-state index contributed by atoms with van der Waals surface area (Å²) < 4.78 is 29.3. The monoisotopic (exact) mass is 447 g/mol. The summed E-state index contributed by atoms with van der Waals surface area (Å²) in [6, 6.07) is 10.1.